The second kappa shape index (κ2) is 8.26. The number of alkyl halides is 3. The monoisotopic (exact) mass is 443 g/mol. The molecule has 0 unspecified atom stereocenters. The van der Waals surface area contributed by atoms with E-state index in [1.54, 1.807) is 0 Å². The number of halogens is 3. The first kappa shape index (κ1) is 21.8. The van der Waals surface area contributed by atoms with Gasteiger partial charge in [0.1, 0.15) is 10.5 Å². The average molecular weight is 444 g/mol. The van der Waals surface area contributed by atoms with Crippen molar-refractivity contribution in [1.29, 1.82) is 0 Å². The van der Waals surface area contributed by atoms with Crippen molar-refractivity contribution in [3.05, 3.63) is 38.8 Å². The Kier molecular flexibility index (Phi) is 6.00. The summed E-state index contributed by atoms with van der Waals surface area (Å²) in [6.45, 7) is 6.44. The summed E-state index contributed by atoms with van der Waals surface area (Å²) in [6, 6.07) is 0.160. The molecule has 4 rings (SSSR count). The first-order chi connectivity index (χ1) is 14.3. The fraction of sp³-hybridized carbons (Fsp3) is 0.667. The normalized spacial score (nSPS) is 25.1. The van der Waals surface area contributed by atoms with Gasteiger partial charge >= 0.3 is 6.18 Å². The Morgan fingerprint density at radius 2 is 2.20 bits per heavy atom. The molecule has 2 atom stereocenters. The number of aliphatic hydroxyl groups is 1. The van der Waals surface area contributed by atoms with Crippen LogP contribution in [0.5, 0.6) is 0 Å². The lowest BCUT2D eigenvalue weighted by Crippen LogP contribution is -2.50. The highest BCUT2D eigenvalue weighted by molar-refractivity contribution is 7.12. The lowest BCUT2D eigenvalue weighted by molar-refractivity contribution is -0.135. The molecular weight excluding hydrogens is 415 g/mol. The van der Waals surface area contributed by atoms with Gasteiger partial charge in [0, 0.05) is 47.9 Å². The number of likely N-dealkylation sites (tertiary alicyclic amines) is 1. The molecule has 9 heteroatoms. The predicted molar refractivity (Wildman–Crippen MR) is 108 cm³/mol. The molecule has 166 valence electrons. The van der Waals surface area contributed by atoms with Crippen LogP contribution in [-0.2, 0) is 42.6 Å². The summed E-state index contributed by atoms with van der Waals surface area (Å²) in [4.78, 5) is 2.35. The van der Waals surface area contributed by atoms with E-state index in [-0.39, 0.29) is 11.6 Å². The van der Waals surface area contributed by atoms with Crippen LogP contribution in [0.25, 0.3) is 0 Å². The van der Waals surface area contributed by atoms with Gasteiger partial charge in [0.05, 0.1) is 19.4 Å². The first-order valence-electron chi connectivity index (χ1n) is 10.5. The summed E-state index contributed by atoms with van der Waals surface area (Å²) < 4.78 is 48.8. The molecule has 0 saturated carbocycles. The molecule has 4 heterocycles. The summed E-state index contributed by atoms with van der Waals surface area (Å²) >= 11 is 0.773. The largest absolute Gasteiger partial charge is 0.425 e. The van der Waals surface area contributed by atoms with Crippen molar-refractivity contribution in [1.82, 2.24) is 14.7 Å². The minimum Gasteiger partial charge on any atom is -0.392 e. The second-order valence-corrected chi connectivity index (χ2v) is 9.37. The zero-order valence-corrected chi connectivity index (χ0v) is 18.2. The highest BCUT2D eigenvalue weighted by atomic mass is 32.1. The summed E-state index contributed by atoms with van der Waals surface area (Å²) in [7, 11) is 0. The highest BCUT2D eigenvalue weighted by Crippen LogP contribution is 2.51. The van der Waals surface area contributed by atoms with Gasteiger partial charge in [-0.2, -0.15) is 18.3 Å². The van der Waals surface area contributed by atoms with Gasteiger partial charge in [0.25, 0.3) is 0 Å². The average Bonchev–Trinajstić information content (AvgIpc) is 3.29. The quantitative estimate of drug-likeness (QED) is 0.748. The molecule has 0 amide bonds. The third-order valence-corrected chi connectivity index (χ3v) is 7.76. The molecule has 2 aromatic rings. The summed E-state index contributed by atoms with van der Waals surface area (Å²) in [6.07, 6.45) is 2.25. The molecule has 2 aromatic heterocycles. The molecule has 0 aromatic carbocycles. The van der Waals surface area contributed by atoms with Crippen molar-refractivity contribution in [3.8, 4) is 0 Å². The van der Waals surface area contributed by atoms with Crippen LogP contribution < -0.4 is 0 Å². The van der Waals surface area contributed by atoms with E-state index in [4.69, 9.17) is 4.74 Å². The maximum atomic E-state index is 13.6. The number of piperidine rings is 1. The van der Waals surface area contributed by atoms with Gasteiger partial charge in [0.2, 0.25) is 0 Å². The summed E-state index contributed by atoms with van der Waals surface area (Å²) in [5, 5.41) is 14.1. The lowest BCUT2D eigenvalue weighted by Gasteiger charge is -2.47. The Hall–Kier alpha value is -1.42. The Balaban J connectivity index is 1.56. The number of aliphatic hydroxyl groups excluding tert-OH is 1. The van der Waals surface area contributed by atoms with Gasteiger partial charge in [-0.1, -0.05) is 6.92 Å². The van der Waals surface area contributed by atoms with Gasteiger partial charge in [-0.05, 0) is 38.2 Å². The number of aromatic nitrogens is 2. The molecule has 0 aliphatic carbocycles. The molecule has 0 radical (unpaired) electrons. The van der Waals surface area contributed by atoms with E-state index in [2.05, 4.69) is 30.0 Å². The van der Waals surface area contributed by atoms with Crippen molar-refractivity contribution in [3.63, 3.8) is 0 Å². The Bertz CT molecular complexity index is 895. The molecule has 5 nitrogen and oxygen atoms in total. The van der Waals surface area contributed by atoms with E-state index >= 15 is 0 Å². The van der Waals surface area contributed by atoms with Crippen LogP contribution in [0.3, 0.4) is 0 Å². The molecule has 1 spiro atoms. The predicted octanol–water partition coefficient (Wildman–Crippen LogP) is 4.32. The second-order valence-electron chi connectivity index (χ2n) is 8.35. The van der Waals surface area contributed by atoms with Crippen molar-refractivity contribution in [2.45, 2.75) is 77.0 Å². The molecule has 1 saturated heterocycles. The SMILES string of the molecule is CCCn1cc(CN2CC[C@]3(C[C@@H]2C)OCCc2c3sc(C(F)(F)F)c2CO)cn1. The van der Waals surface area contributed by atoms with Crippen molar-refractivity contribution in [2.75, 3.05) is 13.2 Å². The number of hydrogen-bond donors (Lipinski definition) is 1. The molecule has 30 heavy (non-hydrogen) atoms. The maximum Gasteiger partial charge on any atom is 0.425 e. The van der Waals surface area contributed by atoms with Crippen LogP contribution in [0.2, 0.25) is 0 Å². The van der Waals surface area contributed by atoms with Crippen molar-refractivity contribution in [2.24, 2.45) is 0 Å². The topological polar surface area (TPSA) is 50.5 Å². The highest BCUT2D eigenvalue weighted by Gasteiger charge is 2.48. The number of nitrogens with zero attached hydrogens (tertiary/aromatic N) is 3. The van der Waals surface area contributed by atoms with Gasteiger partial charge in [-0.3, -0.25) is 9.58 Å². The van der Waals surface area contributed by atoms with Crippen LogP contribution in [0, 0.1) is 0 Å². The van der Waals surface area contributed by atoms with E-state index in [0.717, 1.165) is 43.0 Å². The number of rotatable bonds is 5. The third-order valence-electron chi connectivity index (χ3n) is 6.25. The van der Waals surface area contributed by atoms with Crippen LogP contribution in [0.1, 0.15) is 59.6 Å². The molecule has 0 bridgehead atoms. The minimum atomic E-state index is -4.45. The van der Waals surface area contributed by atoms with Gasteiger partial charge in [-0.15, -0.1) is 11.3 Å². The van der Waals surface area contributed by atoms with Crippen molar-refractivity contribution >= 4 is 11.3 Å². The van der Waals surface area contributed by atoms with Gasteiger partial charge in [-0.25, -0.2) is 0 Å². The minimum absolute atomic E-state index is 0.0450. The van der Waals surface area contributed by atoms with E-state index in [0.29, 0.717) is 36.3 Å². The number of ether oxygens (including phenoxy) is 1. The summed E-state index contributed by atoms with van der Waals surface area (Å²) in [5.74, 6) is 0. The fourth-order valence-corrected chi connectivity index (χ4v) is 6.25. The van der Waals surface area contributed by atoms with E-state index in [1.165, 1.54) is 0 Å². The number of hydrogen-bond acceptors (Lipinski definition) is 5. The molecule has 2 aliphatic heterocycles. The van der Waals surface area contributed by atoms with E-state index in [9.17, 15) is 18.3 Å². The molecule has 2 aliphatic rings. The standard InChI is InChI=1S/C21H28F3N3O2S/c1-3-6-27-12-15(10-25-27)11-26-7-5-20(9-14(26)2)18-16(4-8-29-20)17(13-28)19(30-18)21(22,23)24/h10,12,14,28H,3-9,11,13H2,1-2H3/t14-,20+/m0/s1. The zero-order valence-electron chi connectivity index (χ0n) is 17.3. The first-order valence-corrected chi connectivity index (χ1v) is 11.3. The van der Waals surface area contributed by atoms with E-state index in [1.807, 2.05) is 10.9 Å². The van der Waals surface area contributed by atoms with Gasteiger partial charge in [0.15, 0.2) is 0 Å². The Morgan fingerprint density at radius 3 is 2.87 bits per heavy atom. The molecule has 1 fully saturated rings. The van der Waals surface area contributed by atoms with Crippen LogP contribution in [0.4, 0.5) is 13.2 Å². The fourth-order valence-electron chi connectivity index (χ4n) is 4.84. The van der Waals surface area contributed by atoms with Crippen LogP contribution in [0.15, 0.2) is 12.4 Å². The Labute approximate surface area is 178 Å². The third kappa shape index (κ3) is 3.92. The summed E-state index contributed by atoms with van der Waals surface area (Å²) in [5.41, 5.74) is 1.16. The smallest absolute Gasteiger partial charge is 0.392 e. The molecule has 1 N–H and O–H groups in total. The Morgan fingerprint density at radius 1 is 1.40 bits per heavy atom. The number of fused-ring (bicyclic) bond motifs is 2. The number of thiophene rings is 1. The molecular formula is C21H28F3N3O2S. The van der Waals surface area contributed by atoms with Crippen LogP contribution >= 0.6 is 11.3 Å². The van der Waals surface area contributed by atoms with Crippen molar-refractivity contribution < 1.29 is 23.0 Å². The number of aryl methyl sites for hydroxylation is 1. The van der Waals surface area contributed by atoms with Gasteiger partial charge < -0.3 is 9.84 Å². The zero-order chi connectivity index (χ0) is 21.5. The lowest BCUT2D eigenvalue weighted by atomic mass is 9.81. The van der Waals surface area contributed by atoms with Crippen LogP contribution in [-0.4, -0.2) is 39.0 Å². The maximum absolute atomic E-state index is 13.6. The van der Waals surface area contributed by atoms with E-state index < -0.39 is 23.3 Å².